The fraction of sp³-hybridized carbons (Fsp3) is 0. The normalized spacial score (nSPS) is 11.6. The van der Waals surface area contributed by atoms with Crippen LogP contribution < -0.4 is 0 Å². The second kappa shape index (κ2) is 13.0. The zero-order valence-corrected chi connectivity index (χ0v) is 29.9. The van der Waals surface area contributed by atoms with E-state index in [0.29, 0.717) is 34.5 Å². The number of benzene rings is 8. The number of hydrogen-bond acceptors (Lipinski definition) is 6. The Kier molecular flexibility index (Phi) is 7.38. The van der Waals surface area contributed by atoms with Crippen LogP contribution >= 0.6 is 0 Å². The lowest BCUT2D eigenvalue weighted by Gasteiger charge is -2.13. The summed E-state index contributed by atoms with van der Waals surface area (Å²) in [5, 5.41) is 4.28. The van der Waals surface area contributed by atoms with Crippen LogP contribution in [0.3, 0.4) is 0 Å². The average Bonchev–Trinajstić information content (AvgIpc) is 3.89. The molecule has 11 rings (SSSR count). The number of para-hydroxylation sites is 1. The van der Waals surface area contributed by atoms with Crippen molar-refractivity contribution in [3.05, 3.63) is 182 Å². The Morgan fingerprint density at radius 2 is 0.786 bits per heavy atom. The highest BCUT2D eigenvalue weighted by molar-refractivity contribution is 6.19. The molecular formula is C50H30N4O2. The summed E-state index contributed by atoms with van der Waals surface area (Å²) < 4.78 is 13.1. The van der Waals surface area contributed by atoms with Gasteiger partial charge < -0.3 is 8.83 Å². The van der Waals surface area contributed by atoms with Gasteiger partial charge in [0.1, 0.15) is 5.58 Å². The largest absolute Gasteiger partial charge is 0.454 e. The van der Waals surface area contributed by atoms with Crippen molar-refractivity contribution in [1.29, 1.82) is 0 Å². The highest BCUT2D eigenvalue weighted by atomic mass is 16.4. The first-order valence-electron chi connectivity index (χ1n) is 18.6. The molecule has 0 unspecified atom stereocenters. The van der Waals surface area contributed by atoms with E-state index in [0.717, 1.165) is 77.2 Å². The standard InChI is InChI=1S/C50H30N4O2/c1-4-14-32(15-5-1)47-52-48(33-16-6-2-7-17-33)54-49(53-47)34-26-24-31(25-27-34)36-28-29-39(38-21-11-10-20-37(36)38)41-30-42-40-22-12-13-23-43(40)55-45(42)44-46(41)56-50(51-44)35-18-8-3-9-19-35/h1-30H. The van der Waals surface area contributed by atoms with Gasteiger partial charge in [-0.25, -0.2) is 19.9 Å². The first-order valence-corrected chi connectivity index (χ1v) is 18.6. The summed E-state index contributed by atoms with van der Waals surface area (Å²) in [6.45, 7) is 0. The van der Waals surface area contributed by atoms with Crippen LogP contribution in [0.1, 0.15) is 0 Å². The molecule has 0 aliphatic heterocycles. The molecule has 3 aromatic heterocycles. The quantitative estimate of drug-likeness (QED) is 0.170. The van der Waals surface area contributed by atoms with Crippen LogP contribution in [0.4, 0.5) is 0 Å². The summed E-state index contributed by atoms with van der Waals surface area (Å²) >= 11 is 0. The molecular weight excluding hydrogens is 689 g/mol. The topological polar surface area (TPSA) is 77.8 Å². The molecule has 0 aliphatic carbocycles. The molecule has 6 nitrogen and oxygen atoms in total. The lowest BCUT2D eigenvalue weighted by atomic mass is 9.91. The van der Waals surface area contributed by atoms with Gasteiger partial charge in [-0.05, 0) is 51.7 Å². The highest BCUT2D eigenvalue weighted by Crippen LogP contribution is 2.44. The van der Waals surface area contributed by atoms with E-state index < -0.39 is 0 Å². The Labute approximate surface area is 321 Å². The average molecular weight is 719 g/mol. The second-order valence-electron chi connectivity index (χ2n) is 13.8. The van der Waals surface area contributed by atoms with Crippen molar-refractivity contribution in [3.8, 4) is 67.9 Å². The Morgan fingerprint density at radius 3 is 1.41 bits per heavy atom. The first-order chi connectivity index (χ1) is 27.7. The minimum Gasteiger partial charge on any atom is -0.454 e. The van der Waals surface area contributed by atoms with Gasteiger partial charge in [-0.2, -0.15) is 0 Å². The third kappa shape index (κ3) is 5.35. The number of hydrogen-bond donors (Lipinski definition) is 0. The fourth-order valence-corrected chi connectivity index (χ4v) is 7.68. The van der Waals surface area contributed by atoms with E-state index in [1.807, 2.05) is 109 Å². The van der Waals surface area contributed by atoms with E-state index in [-0.39, 0.29) is 0 Å². The second-order valence-corrected chi connectivity index (χ2v) is 13.8. The highest BCUT2D eigenvalue weighted by Gasteiger charge is 2.22. The van der Waals surface area contributed by atoms with E-state index in [9.17, 15) is 0 Å². The molecule has 0 atom stereocenters. The number of rotatable bonds is 6. The van der Waals surface area contributed by atoms with Gasteiger partial charge >= 0.3 is 0 Å². The molecule has 56 heavy (non-hydrogen) atoms. The summed E-state index contributed by atoms with van der Waals surface area (Å²) in [5.74, 6) is 2.45. The predicted octanol–water partition coefficient (Wildman–Crippen LogP) is 13.1. The van der Waals surface area contributed by atoms with Crippen molar-refractivity contribution in [2.75, 3.05) is 0 Å². The van der Waals surface area contributed by atoms with Gasteiger partial charge in [-0.15, -0.1) is 0 Å². The Hall–Kier alpha value is -7.70. The molecule has 0 spiro atoms. The number of nitrogens with zero attached hydrogens (tertiary/aromatic N) is 4. The van der Waals surface area contributed by atoms with Gasteiger partial charge in [0.2, 0.25) is 5.89 Å². The first kappa shape index (κ1) is 31.8. The van der Waals surface area contributed by atoms with E-state index >= 15 is 0 Å². The monoisotopic (exact) mass is 718 g/mol. The molecule has 8 aromatic carbocycles. The molecule has 0 radical (unpaired) electrons. The van der Waals surface area contributed by atoms with Crippen LogP contribution in [0.25, 0.3) is 112 Å². The molecule has 0 aliphatic rings. The van der Waals surface area contributed by atoms with E-state index in [1.165, 1.54) is 0 Å². The third-order valence-electron chi connectivity index (χ3n) is 10.4. The molecule has 3 heterocycles. The van der Waals surface area contributed by atoms with Gasteiger partial charge in [0.15, 0.2) is 34.2 Å². The number of aromatic nitrogens is 4. The Morgan fingerprint density at radius 1 is 0.304 bits per heavy atom. The minimum atomic E-state index is 0.556. The summed E-state index contributed by atoms with van der Waals surface area (Å²) in [4.78, 5) is 19.8. The van der Waals surface area contributed by atoms with Crippen molar-refractivity contribution in [2.24, 2.45) is 0 Å². The Balaban J connectivity index is 1.04. The molecule has 0 saturated carbocycles. The van der Waals surface area contributed by atoms with Crippen molar-refractivity contribution < 1.29 is 8.83 Å². The zero-order valence-electron chi connectivity index (χ0n) is 29.9. The van der Waals surface area contributed by atoms with Gasteiger partial charge in [0, 0.05) is 38.6 Å². The van der Waals surface area contributed by atoms with Crippen LogP contribution in [-0.4, -0.2) is 19.9 Å². The van der Waals surface area contributed by atoms with Gasteiger partial charge in [0.25, 0.3) is 0 Å². The van der Waals surface area contributed by atoms with Crippen molar-refractivity contribution in [3.63, 3.8) is 0 Å². The fourth-order valence-electron chi connectivity index (χ4n) is 7.68. The number of fused-ring (bicyclic) bond motifs is 6. The van der Waals surface area contributed by atoms with Crippen molar-refractivity contribution in [2.45, 2.75) is 0 Å². The van der Waals surface area contributed by atoms with E-state index in [2.05, 4.69) is 72.8 Å². The van der Waals surface area contributed by atoms with Gasteiger partial charge in [0.05, 0.1) is 0 Å². The molecule has 0 saturated heterocycles. The van der Waals surface area contributed by atoms with E-state index in [1.54, 1.807) is 0 Å². The lowest BCUT2D eigenvalue weighted by Crippen LogP contribution is -2.00. The van der Waals surface area contributed by atoms with Crippen LogP contribution in [0.15, 0.2) is 191 Å². The molecule has 0 bridgehead atoms. The maximum Gasteiger partial charge on any atom is 0.227 e. The maximum absolute atomic E-state index is 6.65. The van der Waals surface area contributed by atoms with Crippen LogP contribution in [0, 0.1) is 0 Å². The molecule has 262 valence electrons. The molecule has 11 aromatic rings. The predicted molar refractivity (Wildman–Crippen MR) is 225 cm³/mol. The van der Waals surface area contributed by atoms with E-state index in [4.69, 9.17) is 28.8 Å². The molecule has 0 amide bonds. The summed E-state index contributed by atoms with van der Waals surface area (Å²) in [6.07, 6.45) is 0. The smallest absolute Gasteiger partial charge is 0.227 e. The summed E-state index contributed by atoms with van der Waals surface area (Å²) in [7, 11) is 0. The minimum absolute atomic E-state index is 0.556. The van der Waals surface area contributed by atoms with Crippen molar-refractivity contribution >= 4 is 43.8 Å². The molecule has 0 fully saturated rings. The molecule has 0 N–H and O–H groups in total. The van der Waals surface area contributed by atoms with Gasteiger partial charge in [-0.3, -0.25) is 0 Å². The van der Waals surface area contributed by atoms with Crippen LogP contribution in [0.5, 0.6) is 0 Å². The maximum atomic E-state index is 6.65. The lowest BCUT2D eigenvalue weighted by molar-refractivity contribution is 0.620. The van der Waals surface area contributed by atoms with Gasteiger partial charge in [-0.1, -0.05) is 158 Å². The zero-order chi connectivity index (χ0) is 37.0. The SMILES string of the molecule is c1ccc(-c2nc(-c3ccccc3)nc(-c3ccc(-c4ccc(-c5cc6c7ccccc7oc6c6nc(-c7ccccc7)oc56)c5ccccc45)cc3)n2)cc1. The Bertz CT molecular complexity index is 3170. The third-order valence-corrected chi connectivity index (χ3v) is 10.4. The van der Waals surface area contributed by atoms with Crippen LogP contribution in [0.2, 0.25) is 0 Å². The summed E-state index contributed by atoms with van der Waals surface area (Å²) in [5.41, 5.74) is 10.9. The van der Waals surface area contributed by atoms with Crippen LogP contribution in [-0.2, 0) is 0 Å². The molecule has 6 heteroatoms. The number of oxazole rings is 1. The van der Waals surface area contributed by atoms with Crippen molar-refractivity contribution in [1.82, 2.24) is 19.9 Å². The summed E-state index contributed by atoms with van der Waals surface area (Å²) in [6, 6.07) is 61.9. The number of furan rings is 1.